The standard InChI is InChI=1S/C17H13Cl3N2O/c1-23-14-9-7-12(8-10-14)15-11-16(13-5-3-2-4-6-13)22(21-15)17(18,19)20/h2-11H,1H3. The highest BCUT2D eigenvalue weighted by molar-refractivity contribution is 6.64. The van der Waals surface area contributed by atoms with Gasteiger partial charge in [-0.15, -0.1) is 0 Å². The summed E-state index contributed by atoms with van der Waals surface area (Å²) in [6, 6.07) is 19.2. The Hall–Kier alpha value is -1.68. The lowest BCUT2D eigenvalue weighted by Gasteiger charge is -2.15. The second kappa shape index (κ2) is 6.44. The molecule has 0 aliphatic carbocycles. The molecular formula is C17H13Cl3N2O. The second-order valence-electron chi connectivity index (χ2n) is 4.89. The summed E-state index contributed by atoms with van der Waals surface area (Å²) in [4.78, 5) is 0. The minimum atomic E-state index is -1.67. The number of benzene rings is 2. The monoisotopic (exact) mass is 366 g/mol. The molecule has 3 nitrogen and oxygen atoms in total. The molecule has 0 amide bonds. The zero-order valence-electron chi connectivity index (χ0n) is 12.2. The van der Waals surface area contributed by atoms with E-state index in [-0.39, 0.29) is 0 Å². The molecule has 0 aliphatic heterocycles. The van der Waals surface area contributed by atoms with E-state index in [1.165, 1.54) is 4.68 Å². The van der Waals surface area contributed by atoms with Crippen molar-refractivity contribution in [1.82, 2.24) is 9.78 Å². The molecule has 0 saturated carbocycles. The molecule has 0 fully saturated rings. The van der Waals surface area contributed by atoms with Crippen molar-refractivity contribution < 1.29 is 4.74 Å². The first-order valence-corrected chi connectivity index (χ1v) is 7.99. The van der Waals surface area contributed by atoms with Crippen LogP contribution in [0.25, 0.3) is 22.5 Å². The van der Waals surface area contributed by atoms with E-state index in [0.29, 0.717) is 0 Å². The largest absolute Gasteiger partial charge is 0.497 e. The highest BCUT2D eigenvalue weighted by Crippen LogP contribution is 2.38. The Morgan fingerprint density at radius 2 is 1.57 bits per heavy atom. The van der Waals surface area contributed by atoms with Crippen molar-refractivity contribution in [2.75, 3.05) is 7.11 Å². The number of hydrogen-bond acceptors (Lipinski definition) is 2. The predicted molar refractivity (Wildman–Crippen MR) is 95.2 cm³/mol. The van der Waals surface area contributed by atoms with E-state index in [4.69, 9.17) is 39.5 Å². The molecule has 118 valence electrons. The Bertz CT molecular complexity index is 793. The van der Waals surface area contributed by atoms with E-state index in [2.05, 4.69) is 5.10 Å². The van der Waals surface area contributed by atoms with Gasteiger partial charge < -0.3 is 4.74 Å². The zero-order valence-corrected chi connectivity index (χ0v) is 14.5. The van der Waals surface area contributed by atoms with Gasteiger partial charge in [0.25, 0.3) is 3.92 Å². The molecule has 2 aromatic carbocycles. The summed E-state index contributed by atoms with van der Waals surface area (Å²) in [5, 5.41) is 4.46. The van der Waals surface area contributed by atoms with Gasteiger partial charge in [0.05, 0.1) is 18.5 Å². The first kappa shape index (κ1) is 16.2. The summed E-state index contributed by atoms with van der Waals surface area (Å²) in [5.41, 5.74) is 3.29. The van der Waals surface area contributed by atoms with Crippen LogP contribution >= 0.6 is 34.8 Å². The minimum absolute atomic E-state index is 0.720. The van der Waals surface area contributed by atoms with E-state index in [1.807, 2.05) is 60.7 Å². The van der Waals surface area contributed by atoms with Crippen LogP contribution in [0.2, 0.25) is 0 Å². The zero-order chi connectivity index (χ0) is 16.4. The van der Waals surface area contributed by atoms with Gasteiger partial charge in [-0.3, -0.25) is 0 Å². The number of alkyl halides is 3. The van der Waals surface area contributed by atoms with Gasteiger partial charge in [-0.1, -0.05) is 65.1 Å². The molecule has 6 heteroatoms. The summed E-state index contributed by atoms with van der Waals surface area (Å²) in [6.07, 6.45) is 0. The molecule has 1 aromatic heterocycles. The lowest BCUT2D eigenvalue weighted by molar-refractivity contribution is 0.415. The van der Waals surface area contributed by atoms with Crippen molar-refractivity contribution in [3.05, 3.63) is 60.7 Å². The quantitative estimate of drug-likeness (QED) is 0.571. The summed E-state index contributed by atoms with van der Waals surface area (Å²) >= 11 is 18.2. The van der Waals surface area contributed by atoms with Gasteiger partial charge in [-0.05, 0) is 35.9 Å². The highest BCUT2D eigenvalue weighted by Gasteiger charge is 2.28. The average Bonchev–Trinajstić information content (AvgIpc) is 3.01. The topological polar surface area (TPSA) is 27.1 Å². The fourth-order valence-corrected chi connectivity index (χ4v) is 2.68. The number of hydrogen-bond donors (Lipinski definition) is 0. The molecule has 0 radical (unpaired) electrons. The molecule has 0 N–H and O–H groups in total. The van der Waals surface area contributed by atoms with Crippen molar-refractivity contribution in [3.63, 3.8) is 0 Å². The van der Waals surface area contributed by atoms with Gasteiger partial charge in [-0.25, -0.2) is 4.68 Å². The van der Waals surface area contributed by atoms with Crippen LogP contribution in [0.3, 0.4) is 0 Å². The fourth-order valence-electron chi connectivity index (χ4n) is 2.29. The molecule has 0 aliphatic rings. The molecule has 3 aromatic rings. The third-order valence-corrected chi connectivity index (χ3v) is 3.89. The first-order chi connectivity index (χ1) is 11.0. The Balaban J connectivity index is 2.11. The number of ether oxygens (including phenoxy) is 1. The van der Waals surface area contributed by atoms with Crippen molar-refractivity contribution in [2.24, 2.45) is 0 Å². The van der Waals surface area contributed by atoms with Crippen molar-refractivity contribution in [1.29, 1.82) is 0 Å². The summed E-state index contributed by atoms with van der Waals surface area (Å²) in [6.45, 7) is 0. The van der Waals surface area contributed by atoms with Gasteiger partial charge in [0.2, 0.25) is 0 Å². The first-order valence-electron chi connectivity index (χ1n) is 6.86. The average molecular weight is 368 g/mol. The second-order valence-corrected chi connectivity index (χ2v) is 7.11. The van der Waals surface area contributed by atoms with Crippen molar-refractivity contribution in [2.45, 2.75) is 3.92 Å². The van der Waals surface area contributed by atoms with Crippen LogP contribution in [-0.2, 0) is 3.92 Å². The van der Waals surface area contributed by atoms with Crippen LogP contribution in [0.5, 0.6) is 5.75 Å². The lowest BCUT2D eigenvalue weighted by atomic mass is 10.1. The Morgan fingerprint density at radius 3 is 2.13 bits per heavy atom. The van der Waals surface area contributed by atoms with Gasteiger partial charge in [-0.2, -0.15) is 5.10 Å². The number of halogens is 3. The van der Waals surface area contributed by atoms with Crippen LogP contribution in [0, 0.1) is 0 Å². The van der Waals surface area contributed by atoms with Gasteiger partial charge in [0.1, 0.15) is 5.75 Å². The van der Waals surface area contributed by atoms with Gasteiger partial charge in [0.15, 0.2) is 0 Å². The van der Waals surface area contributed by atoms with E-state index in [9.17, 15) is 0 Å². The highest BCUT2D eigenvalue weighted by atomic mass is 35.6. The minimum Gasteiger partial charge on any atom is -0.497 e. The maximum Gasteiger partial charge on any atom is 0.287 e. The molecule has 3 rings (SSSR count). The van der Waals surface area contributed by atoms with Gasteiger partial charge in [0, 0.05) is 5.56 Å². The van der Waals surface area contributed by atoms with Crippen LogP contribution in [0.15, 0.2) is 60.7 Å². The van der Waals surface area contributed by atoms with E-state index >= 15 is 0 Å². The van der Waals surface area contributed by atoms with E-state index < -0.39 is 3.92 Å². The molecular weight excluding hydrogens is 355 g/mol. The normalized spacial score (nSPS) is 11.5. The maximum atomic E-state index is 6.07. The van der Waals surface area contributed by atoms with Crippen molar-refractivity contribution >= 4 is 34.8 Å². The fraction of sp³-hybridized carbons (Fsp3) is 0.118. The Kier molecular flexibility index (Phi) is 4.53. The van der Waals surface area contributed by atoms with Crippen LogP contribution in [0.4, 0.5) is 0 Å². The van der Waals surface area contributed by atoms with E-state index in [1.54, 1.807) is 7.11 Å². The number of nitrogens with zero attached hydrogens (tertiary/aromatic N) is 2. The van der Waals surface area contributed by atoms with Crippen LogP contribution in [-0.4, -0.2) is 16.9 Å². The smallest absolute Gasteiger partial charge is 0.287 e. The molecule has 0 atom stereocenters. The number of methoxy groups -OCH3 is 1. The Morgan fingerprint density at radius 1 is 0.913 bits per heavy atom. The molecule has 1 heterocycles. The number of rotatable bonds is 3. The van der Waals surface area contributed by atoms with E-state index in [0.717, 1.165) is 28.3 Å². The Labute approximate surface area is 149 Å². The molecule has 0 saturated heterocycles. The SMILES string of the molecule is COc1ccc(-c2cc(-c3ccccc3)n(C(Cl)(Cl)Cl)n2)cc1. The maximum absolute atomic E-state index is 6.07. The van der Waals surface area contributed by atoms with Crippen LogP contribution in [0.1, 0.15) is 0 Å². The molecule has 0 unspecified atom stereocenters. The third-order valence-electron chi connectivity index (χ3n) is 3.40. The lowest BCUT2D eigenvalue weighted by Crippen LogP contribution is -2.15. The van der Waals surface area contributed by atoms with Gasteiger partial charge >= 0.3 is 0 Å². The number of aromatic nitrogens is 2. The predicted octanol–water partition coefficient (Wildman–Crippen LogP) is 5.51. The summed E-state index contributed by atoms with van der Waals surface area (Å²) in [7, 11) is 1.63. The third kappa shape index (κ3) is 3.47. The molecule has 0 spiro atoms. The molecule has 23 heavy (non-hydrogen) atoms. The van der Waals surface area contributed by atoms with Crippen LogP contribution < -0.4 is 4.74 Å². The summed E-state index contributed by atoms with van der Waals surface area (Å²) in [5.74, 6) is 0.776. The summed E-state index contributed by atoms with van der Waals surface area (Å²) < 4.78 is 4.89. The molecule has 0 bridgehead atoms. The van der Waals surface area contributed by atoms with Crippen molar-refractivity contribution in [3.8, 4) is 28.3 Å².